The highest BCUT2D eigenvalue weighted by atomic mass is 14.9. The third-order valence-electron chi connectivity index (χ3n) is 4.01. The number of nitriles is 1. The maximum absolute atomic E-state index is 8.86. The first-order chi connectivity index (χ1) is 10.4. The van der Waals surface area contributed by atoms with E-state index in [2.05, 4.69) is 23.8 Å². The zero-order valence-electron chi connectivity index (χ0n) is 13.7. The van der Waals surface area contributed by atoms with Crippen LogP contribution in [0.5, 0.6) is 0 Å². The maximum Gasteiger partial charge on any atom is 0.186 e. The van der Waals surface area contributed by atoms with Crippen LogP contribution < -0.4 is 4.57 Å². The normalized spacial score (nSPS) is 10.5. The van der Waals surface area contributed by atoms with Crippen molar-refractivity contribution in [2.75, 3.05) is 0 Å². The molecule has 2 heteroatoms. The molecule has 0 aliphatic carbocycles. The van der Waals surface area contributed by atoms with E-state index in [1.54, 1.807) is 0 Å². The van der Waals surface area contributed by atoms with Gasteiger partial charge in [-0.05, 0) is 12.5 Å². The first-order valence-corrected chi connectivity index (χ1v) is 8.76. The van der Waals surface area contributed by atoms with Crippen molar-refractivity contribution in [2.24, 2.45) is 0 Å². The maximum atomic E-state index is 8.86. The zero-order chi connectivity index (χ0) is 15.2. The molecule has 0 fully saturated rings. The minimum atomic E-state index is 0.751. The highest BCUT2D eigenvalue weighted by Crippen LogP contribution is 2.11. The van der Waals surface area contributed by atoms with Crippen LogP contribution in [0.25, 0.3) is 0 Å². The number of unbranched alkanes of at least 4 members (excludes halogenated alkanes) is 10. The van der Waals surface area contributed by atoms with Gasteiger partial charge in [0.2, 0.25) is 0 Å². The van der Waals surface area contributed by atoms with Crippen LogP contribution in [0.2, 0.25) is 0 Å². The molecule has 21 heavy (non-hydrogen) atoms. The van der Waals surface area contributed by atoms with E-state index in [9.17, 15) is 0 Å². The Labute approximate surface area is 130 Å². The molecule has 0 aliphatic rings. The predicted octanol–water partition coefficient (Wildman–Crippen LogP) is 5.16. The molecular weight excluding hydrogens is 256 g/mol. The fourth-order valence-electron chi connectivity index (χ4n) is 2.69. The molecule has 0 saturated carbocycles. The van der Waals surface area contributed by atoms with Crippen molar-refractivity contribution in [3.8, 4) is 6.07 Å². The second-order valence-electron chi connectivity index (χ2n) is 5.98. The van der Waals surface area contributed by atoms with Gasteiger partial charge in [-0.3, -0.25) is 0 Å². The molecule has 1 heterocycles. The van der Waals surface area contributed by atoms with Crippen LogP contribution >= 0.6 is 0 Å². The Balaban J connectivity index is 1.92. The molecule has 1 rings (SSSR count). The minimum absolute atomic E-state index is 0.751. The Bertz CT molecular complexity index is 406. The van der Waals surface area contributed by atoms with Crippen LogP contribution in [0.3, 0.4) is 0 Å². The predicted molar refractivity (Wildman–Crippen MR) is 87.8 cm³/mol. The lowest BCUT2D eigenvalue weighted by molar-refractivity contribution is -0.697. The number of aryl methyl sites for hydroxylation is 1. The van der Waals surface area contributed by atoms with Gasteiger partial charge in [0.25, 0.3) is 0 Å². The van der Waals surface area contributed by atoms with Gasteiger partial charge in [-0.1, -0.05) is 64.7 Å². The Morgan fingerprint density at radius 1 is 0.905 bits per heavy atom. The molecule has 0 aromatic carbocycles. The van der Waals surface area contributed by atoms with Crippen LogP contribution in [0, 0.1) is 11.3 Å². The molecule has 0 radical (unpaired) electrons. The van der Waals surface area contributed by atoms with Crippen molar-refractivity contribution in [1.82, 2.24) is 0 Å². The number of hydrogen-bond donors (Lipinski definition) is 0. The summed E-state index contributed by atoms with van der Waals surface area (Å²) in [5.41, 5.74) is 0.751. The molecule has 0 amide bonds. The summed E-state index contributed by atoms with van der Waals surface area (Å²) in [5.74, 6) is 0. The van der Waals surface area contributed by atoms with Crippen molar-refractivity contribution in [3.63, 3.8) is 0 Å². The Morgan fingerprint density at radius 2 is 1.48 bits per heavy atom. The van der Waals surface area contributed by atoms with Crippen LogP contribution in [0.1, 0.15) is 83.1 Å². The van der Waals surface area contributed by atoms with Crippen molar-refractivity contribution >= 4 is 0 Å². The molecular formula is C19H31N2+. The Morgan fingerprint density at radius 3 is 2.05 bits per heavy atom. The molecule has 0 aliphatic heterocycles. The zero-order valence-corrected chi connectivity index (χ0v) is 13.7. The van der Waals surface area contributed by atoms with E-state index in [1.165, 1.54) is 70.6 Å². The van der Waals surface area contributed by atoms with Crippen LogP contribution in [-0.2, 0) is 6.54 Å². The highest BCUT2D eigenvalue weighted by molar-refractivity contribution is 5.21. The third-order valence-corrected chi connectivity index (χ3v) is 4.01. The fraction of sp³-hybridized carbons (Fsp3) is 0.684. The van der Waals surface area contributed by atoms with Crippen molar-refractivity contribution < 1.29 is 4.57 Å². The lowest BCUT2D eigenvalue weighted by Crippen LogP contribution is -2.32. The molecule has 0 spiro atoms. The lowest BCUT2D eigenvalue weighted by atomic mass is 10.1. The topological polar surface area (TPSA) is 27.7 Å². The largest absolute Gasteiger partial charge is 0.204 e. The first kappa shape index (κ1) is 17.7. The summed E-state index contributed by atoms with van der Waals surface area (Å²) in [6, 6.07) is 6.00. The molecule has 0 N–H and O–H groups in total. The van der Waals surface area contributed by atoms with E-state index >= 15 is 0 Å². The SMILES string of the molecule is CCCCCCCCCCCCC[n+]1cccc(C#N)c1. The molecule has 116 valence electrons. The van der Waals surface area contributed by atoms with Gasteiger partial charge in [-0.15, -0.1) is 0 Å². The van der Waals surface area contributed by atoms with E-state index in [0.29, 0.717) is 0 Å². The molecule has 1 aromatic rings. The number of hydrogen-bond acceptors (Lipinski definition) is 1. The van der Waals surface area contributed by atoms with Gasteiger partial charge in [0.05, 0.1) is 0 Å². The summed E-state index contributed by atoms with van der Waals surface area (Å²) in [7, 11) is 0. The second kappa shape index (κ2) is 12.4. The summed E-state index contributed by atoms with van der Waals surface area (Å²) in [6.07, 6.45) is 19.1. The van der Waals surface area contributed by atoms with Gasteiger partial charge < -0.3 is 0 Å². The molecule has 2 nitrogen and oxygen atoms in total. The van der Waals surface area contributed by atoms with Gasteiger partial charge in [-0.2, -0.15) is 5.26 Å². The summed E-state index contributed by atoms with van der Waals surface area (Å²) in [5, 5.41) is 8.86. The molecule has 0 atom stereocenters. The summed E-state index contributed by atoms with van der Waals surface area (Å²) in [6.45, 7) is 3.31. The summed E-state index contributed by atoms with van der Waals surface area (Å²) in [4.78, 5) is 0. The van der Waals surface area contributed by atoms with Crippen molar-refractivity contribution in [1.29, 1.82) is 5.26 Å². The highest BCUT2D eigenvalue weighted by Gasteiger charge is 2.01. The van der Waals surface area contributed by atoms with E-state index in [1.807, 2.05) is 18.3 Å². The number of pyridine rings is 1. The number of nitrogens with zero attached hydrogens (tertiary/aromatic N) is 2. The molecule has 0 bridgehead atoms. The third kappa shape index (κ3) is 9.24. The quantitative estimate of drug-likeness (QED) is 0.385. The van der Waals surface area contributed by atoms with Gasteiger partial charge in [-0.25, -0.2) is 4.57 Å². The monoisotopic (exact) mass is 287 g/mol. The van der Waals surface area contributed by atoms with Gasteiger partial charge in [0, 0.05) is 12.5 Å². The fourth-order valence-corrected chi connectivity index (χ4v) is 2.69. The molecule has 1 aromatic heterocycles. The van der Waals surface area contributed by atoms with Crippen LogP contribution in [0.4, 0.5) is 0 Å². The number of aromatic nitrogens is 1. The number of rotatable bonds is 12. The van der Waals surface area contributed by atoms with Gasteiger partial charge in [0.15, 0.2) is 12.4 Å². The molecule has 0 unspecified atom stereocenters. The molecule has 0 saturated heterocycles. The average Bonchev–Trinajstić information content (AvgIpc) is 2.53. The Hall–Kier alpha value is -1.36. The first-order valence-electron chi connectivity index (χ1n) is 8.76. The van der Waals surface area contributed by atoms with Crippen LogP contribution in [-0.4, -0.2) is 0 Å². The second-order valence-corrected chi connectivity index (χ2v) is 5.98. The van der Waals surface area contributed by atoms with E-state index in [-0.39, 0.29) is 0 Å². The standard InChI is InChI=1S/C19H31N2/c1-2-3-4-5-6-7-8-9-10-11-12-15-21-16-13-14-19(17-20)18-21/h13-14,16,18H,2-12,15H2,1H3/q+1. The lowest BCUT2D eigenvalue weighted by Gasteiger charge is -2.02. The van der Waals surface area contributed by atoms with E-state index < -0.39 is 0 Å². The Kier molecular flexibility index (Phi) is 10.4. The van der Waals surface area contributed by atoms with E-state index in [4.69, 9.17) is 5.26 Å². The minimum Gasteiger partial charge on any atom is -0.204 e. The van der Waals surface area contributed by atoms with Gasteiger partial charge >= 0.3 is 0 Å². The summed E-state index contributed by atoms with van der Waals surface area (Å²) >= 11 is 0. The van der Waals surface area contributed by atoms with Crippen molar-refractivity contribution in [3.05, 3.63) is 30.1 Å². The average molecular weight is 287 g/mol. The summed E-state index contributed by atoms with van der Waals surface area (Å²) < 4.78 is 2.13. The van der Waals surface area contributed by atoms with Gasteiger partial charge in [0.1, 0.15) is 18.2 Å². The van der Waals surface area contributed by atoms with E-state index in [0.717, 1.165) is 12.1 Å². The van der Waals surface area contributed by atoms with Crippen molar-refractivity contribution in [2.45, 2.75) is 84.1 Å². The van der Waals surface area contributed by atoms with Crippen LogP contribution in [0.15, 0.2) is 24.5 Å². The smallest absolute Gasteiger partial charge is 0.186 e.